The van der Waals surface area contributed by atoms with Crippen LogP contribution in [-0.2, 0) is 0 Å². The van der Waals surface area contributed by atoms with Crippen LogP contribution in [-0.4, -0.2) is 10.1 Å². The number of H-pyrrole nitrogens is 1. The second-order valence-electron chi connectivity index (χ2n) is 1.96. The highest BCUT2D eigenvalue weighted by atomic mass is 79.9. The molecule has 0 fully saturated rings. The Bertz CT molecular complexity index is 311. The molecule has 0 spiro atoms. The SMILES string of the molecule is Brc1cccc(-n2[nH]o2)c1. The molecule has 0 bridgehead atoms. The molecule has 0 saturated heterocycles. The predicted molar refractivity (Wildman–Crippen MR) is 40.1 cm³/mol. The van der Waals surface area contributed by atoms with Crippen LogP contribution < -0.4 is 0 Å². The van der Waals surface area contributed by atoms with Crippen LogP contribution in [0.15, 0.2) is 33.4 Å². The van der Waals surface area contributed by atoms with Crippen molar-refractivity contribution in [3.8, 4) is 5.69 Å². The summed E-state index contributed by atoms with van der Waals surface area (Å²) in [6.07, 6.45) is 0. The average Bonchev–Trinajstić information content (AvgIpc) is 2.68. The lowest BCUT2D eigenvalue weighted by Crippen LogP contribution is -1.80. The van der Waals surface area contributed by atoms with Crippen LogP contribution in [0, 0.1) is 0 Å². The lowest BCUT2D eigenvalue weighted by atomic mass is 10.3. The molecule has 0 atom stereocenters. The summed E-state index contributed by atoms with van der Waals surface area (Å²) in [4.78, 5) is 1.57. The van der Waals surface area contributed by atoms with Gasteiger partial charge in [0.15, 0.2) is 0 Å². The van der Waals surface area contributed by atoms with Gasteiger partial charge in [0.2, 0.25) is 0 Å². The van der Waals surface area contributed by atoms with Crippen LogP contribution in [0.3, 0.4) is 0 Å². The molecule has 0 unspecified atom stereocenters. The van der Waals surface area contributed by atoms with E-state index in [1.54, 1.807) is 4.85 Å². The number of hydrogen-bond acceptors (Lipinski definition) is 1. The van der Waals surface area contributed by atoms with Crippen LogP contribution in [0.2, 0.25) is 0 Å². The van der Waals surface area contributed by atoms with E-state index in [-0.39, 0.29) is 0 Å². The smallest absolute Gasteiger partial charge is 0.106 e. The zero-order chi connectivity index (χ0) is 6.97. The van der Waals surface area contributed by atoms with Crippen molar-refractivity contribution in [2.45, 2.75) is 0 Å². The minimum absolute atomic E-state index is 0.995. The number of rotatable bonds is 1. The normalized spacial score (nSPS) is 10.5. The Morgan fingerprint density at radius 1 is 1.50 bits per heavy atom. The van der Waals surface area contributed by atoms with E-state index in [1.165, 1.54) is 0 Å². The van der Waals surface area contributed by atoms with Crippen LogP contribution in [0.1, 0.15) is 0 Å². The van der Waals surface area contributed by atoms with Gasteiger partial charge in [-0.1, -0.05) is 32.1 Å². The number of nitrogens with zero attached hydrogens (tertiary/aromatic N) is 1. The minimum atomic E-state index is 0.995. The van der Waals surface area contributed by atoms with Crippen molar-refractivity contribution < 1.29 is 4.63 Å². The van der Waals surface area contributed by atoms with E-state index in [0.717, 1.165) is 10.2 Å². The van der Waals surface area contributed by atoms with Gasteiger partial charge in [0.1, 0.15) is 5.69 Å². The molecular weight excluding hydrogens is 196 g/mol. The third-order valence-corrected chi connectivity index (χ3v) is 1.72. The predicted octanol–water partition coefficient (Wildman–Crippen LogP) is 2.16. The summed E-state index contributed by atoms with van der Waals surface area (Å²) in [5.41, 5.74) is 0.995. The second kappa shape index (κ2) is 2.05. The Morgan fingerprint density at radius 3 is 2.90 bits per heavy atom. The zero-order valence-corrected chi connectivity index (χ0v) is 6.63. The Balaban J connectivity index is 2.46. The van der Waals surface area contributed by atoms with Crippen LogP contribution in [0.5, 0.6) is 0 Å². The van der Waals surface area contributed by atoms with Gasteiger partial charge in [0.05, 0.1) is 0 Å². The molecule has 0 amide bonds. The first-order valence-corrected chi connectivity index (χ1v) is 3.64. The summed E-state index contributed by atoms with van der Waals surface area (Å²) < 4.78 is 5.76. The van der Waals surface area contributed by atoms with E-state index in [9.17, 15) is 0 Å². The molecule has 3 nitrogen and oxygen atoms in total. The van der Waals surface area contributed by atoms with Crippen molar-refractivity contribution in [2.24, 2.45) is 0 Å². The topological polar surface area (TPSA) is 33.9 Å². The van der Waals surface area contributed by atoms with Gasteiger partial charge in [0, 0.05) is 4.47 Å². The average molecular weight is 201 g/mol. The molecule has 0 aliphatic heterocycles. The molecule has 0 radical (unpaired) electrons. The molecule has 0 aliphatic carbocycles. The van der Waals surface area contributed by atoms with Gasteiger partial charge < -0.3 is 0 Å². The first-order chi connectivity index (χ1) is 4.86. The molecule has 1 heterocycles. The molecule has 52 valence electrons. The molecule has 1 aromatic carbocycles. The molecule has 4 heteroatoms. The lowest BCUT2D eigenvalue weighted by Gasteiger charge is -1.89. The summed E-state index contributed by atoms with van der Waals surface area (Å²) in [5, 5.41) is 2.59. The van der Waals surface area contributed by atoms with E-state index in [1.807, 2.05) is 24.3 Å². The number of aromatic amines is 1. The van der Waals surface area contributed by atoms with E-state index in [4.69, 9.17) is 4.63 Å². The molecule has 2 rings (SSSR count). The standard InChI is InChI=1S/C6H5BrN2O/c7-5-2-1-3-6(4-5)9-8-10-9/h1-4,8H. The monoisotopic (exact) mass is 200 g/mol. The first kappa shape index (κ1) is 5.85. The lowest BCUT2D eigenvalue weighted by molar-refractivity contribution is 0.501. The number of nitrogens with one attached hydrogen (secondary N) is 1. The zero-order valence-electron chi connectivity index (χ0n) is 5.04. The quantitative estimate of drug-likeness (QED) is 0.753. The van der Waals surface area contributed by atoms with Crippen molar-refractivity contribution in [2.75, 3.05) is 0 Å². The molecule has 2 aromatic rings. The van der Waals surface area contributed by atoms with Gasteiger partial charge in [0.25, 0.3) is 0 Å². The molecule has 0 saturated carbocycles. The third-order valence-electron chi connectivity index (χ3n) is 1.23. The van der Waals surface area contributed by atoms with Gasteiger partial charge in [-0.2, -0.15) is 0 Å². The van der Waals surface area contributed by atoms with E-state index in [2.05, 4.69) is 21.2 Å². The van der Waals surface area contributed by atoms with Crippen molar-refractivity contribution in [3.05, 3.63) is 28.7 Å². The largest absolute Gasteiger partial charge is 0.252 e. The Morgan fingerprint density at radius 2 is 2.30 bits per heavy atom. The second-order valence-corrected chi connectivity index (χ2v) is 2.87. The molecule has 1 aromatic heterocycles. The number of benzene rings is 1. The fourth-order valence-corrected chi connectivity index (χ4v) is 1.12. The van der Waals surface area contributed by atoms with E-state index in [0.29, 0.717) is 0 Å². The summed E-state index contributed by atoms with van der Waals surface area (Å²) in [7, 11) is 0. The maximum absolute atomic E-state index is 4.71. The van der Waals surface area contributed by atoms with Gasteiger partial charge in [-0.3, -0.25) is 4.63 Å². The van der Waals surface area contributed by atoms with Crippen molar-refractivity contribution >= 4 is 15.9 Å². The van der Waals surface area contributed by atoms with Gasteiger partial charge >= 0.3 is 0 Å². The highest BCUT2D eigenvalue weighted by Gasteiger charge is 2.00. The summed E-state index contributed by atoms with van der Waals surface area (Å²) in [6, 6.07) is 7.82. The number of hydrogen-bond donors (Lipinski definition) is 1. The Kier molecular flexibility index (Phi) is 1.20. The van der Waals surface area contributed by atoms with E-state index < -0.39 is 0 Å². The fourth-order valence-electron chi connectivity index (χ4n) is 0.728. The minimum Gasteiger partial charge on any atom is -0.252 e. The summed E-state index contributed by atoms with van der Waals surface area (Å²) >= 11 is 3.35. The fraction of sp³-hybridized carbons (Fsp3) is 0. The third kappa shape index (κ3) is 1.02. The van der Waals surface area contributed by atoms with Gasteiger partial charge in [-0.05, 0) is 18.2 Å². The number of aromatic nitrogens is 2. The van der Waals surface area contributed by atoms with Gasteiger partial charge in [-0.25, -0.2) is 0 Å². The van der Waals surface area contributed by atoms with Crippen LogP contribution in [0.4, 0.5) is 0 Å². The molecule has 10 heavy (non-hydrogen) atoms. The maximum atomic E-state index is 4.71. The highest BCUT2D eigenvalue weighted by molar-refractivity contribution is 9.10. The Labute approximate surface area is 65.6 Å². The highest BCUT2D eigenvalue weighted by Crippen LogP contribution is 2.14. The van der Waals surface area contributed by atoms with E-state index >= 15 is 0 Å². The summed E-state index contributed by atoms with van der Waals surface area (Å²) in [5.74, 6) is 0. The molecule has 1 N–H and O–H groups in total. The first-order valence-electron chi connectivity index (χ1n) is 2.84. The number of halogens is 1. The maximum Gasteiger partial charge on any atom is 0.106 e. The van der Waals surface area contributed by atoms with Crippen molar-refractivity contribution in [3.63, 3.8) is 0 Å². The molecular formula is C6H5BrN2O. The van der Waals surface area contributed by atoms with Gasteiger partial charge in [-0.15, -0.1) is 0 Å². The van der Waals surface area contributed by atoms with Crippen LogP contribution >= 0.6 is 15.9 Å². The summed E-state index contributed by atoms with van der Waals surface area (Å²) in [6.45, 7) is 0. The van der Waals surface area contributed by atoms with Crippen LogP contribution in [0.25, 0.3) is 5.69 Å². The Hall–Kier alpha value is -0.900. The molecule has 0 aliphatic rings. The van der Waals surface area contributed by atoms with Crippen molar-refractivity contribution in [1.29, 1.82) is 0 Å². The van der Waals surface area contributed by atoms with Crippen molar-refractivity contribution in [1.82, 2.24) is 10.1 Å².